The van der Waals surface area contributed by atoms with Crippen LogP contribution in [0.1, 0.15) is 79.6 Å². The van der Waals surface area contributed by atoms with Crippen molar-refractivity contribution in [1.29, 1.82) is 0 Å². The Bertz CT molecular complexity index is 1240. The van der Waals surface area contributed by atoms with Crippen molar-refractivity contribution in [2.75, 3.05) is 11.5 Å². The predicted molar refractivity (Wildman–Crippen MR) is 130 cm³/mol. The van der Waals surface area contributed by atoms with Crippen LogP contribution in [-0.2, 0) is 29.6 Å². The molecule has 2 aliphatic heterocycles. The highest BCUT2D eigenvalue weighted by Crippen LogP contribution is 2.71. The van der Waals surface area contributed by atoms with Crippen LogP contribution >= 0.6 is 0 Å². The first kappa shape index (κ1) is 24.2. The Balaban J connectivity index is 1.24. The molecule has 2 saturated heterocycles. The molecule has 0 radical (unpaired) electrons. The average Bonchev–Trinajstić information content (AvgIpc) is 3.41. The van der Waals surface area contributed by atoms with Crippen LogP contribution in [0.25, 0.3) is 0 Å². The Morgan fingerprint density at radius 1 is 0.800 bits per heavy atom. The number of carbonyl (C=O) groups excluding carboxylic acids is 2. The molecule has 0 aromatic heterocycles. The highest BCUT2D eigenvalue weighted by Gasteiger charge is 2.73. The summed E-state index contributed by atoms with van der Waals surface area (Å²) in [6.07, 6.45) is 4.67. The van der Waals surface area contributed by atoms with Gasteiger partial charge in [-0.2, -0.15) is 0 Å². The molecule has 7 atom stereocenters. The molecule has 0 aromatic rings. The normalized spacial score (nSPS) is 45.5. The molecule has 6 fully saturated rings. The van der Waals surface area contributed by atoms with Gasteiger partial charge in [0.05, 0.1) is 23.6 Å². The molecular formula is C25H38N2O6S2. The zero-order chi connectivity index (χ0) is 25.6. The lowest BCUT2D eigenvalue weighted by molar-refractivity contribution is -0.138. The predicted octanol–water partition coefficient (Wildman–Crippen LogP) is 2.75. The summed E-state index contributed by atoms with van der Waals surface area (Å²) in [7, 11) is -7.55. The van der Waals surface area contributed by atoms with E-state index in [2.05, 4.69) is 27.7 Å². The molecule has 2 amide bonds. The lowest BCUT2D eigenvalue weighted by atomic mass is 9.69. The van der Waals surface area contributed by atoms with Crippen LogP contribution in [0.15, 0.2) is 0 Å². The zero-order valence-corrected chi connectivity index (χ0v) is 23.0. The number of hydrogen-bond donors (Lipinski definition) is 0. The van der Waals surface area contributed by atoms with Crippen LogP contribution in [0.4, 0.5) is 0 Å². The molecule has 8 nitrogen and oxygen atoms in total. The van der Waals surface area contributed by atoms with E-state index in [-0.39, 0.29) is 40.8 Å². The fourth-order valence-corrected chi connectivity index (χ4v) is 15.0. The van der Waals surface area contributed by atoms with Gasteiger partial charge in [0.15, 0.2) is 0 Å². The van der Waals surface area contributed by atoms with E-state index in [0.29, 0.717) is 24.7 Å². The van der Waals surface area contributed by atoms with E-state index in [9.17, 15) is 26.4 Å². The second-order valence-corrected chi connectivity index (χ2v) is 17.4. The third-order valence-electron chi connectivity index (χ3n) is 12.2. The maximum Gasteiger partial charge on any atom is 0.239 e. The van der Waals surface area contributed by atoms with Crippen molar-refractivity contribution in [1.82, 2.24) is 8.61 Å². The van der Waals surface area contributed by atoms with E-state index in [1.807, 2.05) is 0 Å². The fraction of sp³-hybridized carbons (Fsp3) is 0.920. The van der Waals surface area contributed by atoms with Crippen molar-refractivity contribution in [3.05, 3.63) is 0 Å². The largest absolute Gasteiger partial charge is 0.274 e. The van der Waals surface area contributed by atoms with Gasteiger partial charge in [-0.3, -0.25) is 9.59 Å². The number of hydrogen-bond acceptors (Lipinski definition) is 6. The average molecular weight is 527 g/mol. The molecule has 0 aromatic carbocycles. The highest BCUT2D eigenvalue weighted by atomic mass is 32.2. The van der Waals surface area contributed by atoms with Gasteiger partial charge < -0.3 is 0 Å². The molecular weight excluding hydrogens is 488 g/mol. The molecule has 10 heteroatoms. The first-order valence-corrected chi connectivity index (χ1v) is 16.3. The van der Waals surface area contributed by atoms with E-state index in [1.165, 1.54) is 0 Å². The topological polar surface area (TPSA) is 109 Å². The third-order valence-corrected chi connectivity index (χ3v) is 16.0. The van der Waals surface area contributed by atoms with Gasteiger partial charge in [0.1, 0.15) is 0 Å². The monoisotopic (exact) mass is 526 g/mol. The summed E-state index contributed by atoms with van der Waals surface area (Å²) in [6, 6.07) is -0.697. The van der Waals surface area contributed by atoms with E-state index in [0.717, 1.165) is 34.3 Å². The van der Waals surface area contributed by atoms with E-state index >= 15 is 0 Å². The van der Waals surface area contributed by atoms with Gasteiger partial charge >= 0.3 is 0 Å². The minimum absolute atomic E-state index is 0.0101. The molecule has 0 unspecified atom stereocenters. The molecule has 2 heterocycles. The maximum atomic E-state index is 13.6. The van der Waals surface area contributed by atoms with Crippen LogP contribution in [-0.4, -0.2) is 60.8 Å². The van der Waals surface area contributed by atoms with Crippen LogP contribution in [0.2, 0.25) is 0 Å². The SMILES string of the molecule is C[C@H](CC(=O)N1[C@@H]2C[C@H]3CC[C@]2(CS1(=O)=O)C3(C)C)C(=O)N1[C@@H]2C[C@H]3CC[C@]2(CS1(=O)=O)C3(C)C. The van der Waals surface area contributed by atoms with Crippen LogP contribution < -0.4 is 0 Å². The Hall–Kier alpha value is -1.16. The smallest absolute Gasteiger partial charge is 0.239 e. The molecule has 2 spiro atoms. The first-order chi connectivity index (χ1) is 16.0. The number of sulfonamides is 2. The quantitative estimate of drug-likeness (QED) is 0.559. The standard InChI is InChI=1S/C25H38N2O6S2/c1-15(21(29)27-19-12-17-7-9-25(19,23(17,4)5)14-35(27,32)33)10-20(28)26-18-11-16-6-8-24(18,22(16,2)3)13-34(26,30)31/h15-19H,6-14H2,1-5H3/t15-,16-,17-,18-,19-,24-,25-/m1/s1. The van der Waals surface area contributed by atoms with Gasteiger partial charge in [0, 0.05) is 23.2 Å². The van der Waals surface area contributed by atoms with Crippen molar-refractivity contribution < 1.29 is 26.4 Å². The van der Waals surface area contributed by atoms with Gasteiger partial charge in [-0.25, -0.2) is 25.4 Å². The van der Waals surface area contributed by atoms with Crippen molar-refractivity contribution in [2.45, 2.75) is 91.6 Å². The Morgan fingerprint density at radius 3 is 1.69 bits per heavy atom. The molecule has 0 N–H and O–H groups in total. The van der Waals surface area contributed by atoms with Crippen LogP contribution in [0.5, 0.6) is 0 Å². The zero-order valence-electron chi connectivity index (χ0n) is 21.4. The number of fused-ring (bicyclic) bond motifs is 2. The van der Waals surface area contributed by atoms with Crippen molar-refractivity contribution >= 4 is 31.9 Å². The maximum absolute atomic E-state index is 13.6. The summed E-state index contributed by atoms with van der Waals surface area (Å²) in [5, 5.41) is 0. The van der Waals surface area contributed by atoms with Gasteiger partial charge in [0.25, 0.3) is 0 Å². The van der Waals surface area contributed by atoms with Crippen molar-refractivity contribution in [2.24, 2.45) is 39.4 Å². The second-order valence-electron chi connectivity index (χ2n) is 13.7. The molecule has 6 rings (SSSR count). The van der Waals surface area contributed by atoms with Gasteiger partial charge in [-0.15, -0.1) is 0 Å². The number of carbonyl (C=O) groups is 2. The second kappa shape index (κ2) is 6.63. The highest BCUT2D eigenvalue weighted by molar-refractivity contribution is 7.90. The summed E-state index contributed by atoms with van der Waals surface area (Å²) in [5.74, 6) is -1.25. The third kappa shape index (κ3) is 2.64. The van der Waals surface area contributed by atoms with Gasteiger partial charge in [-0.1, -0.05) is 34.6 Å². The minimum Gasteiger partial charge on any atom is -0.274 e. The lowest BCUT2D eigenvalue weighted by Crippen LogP contribution is -2.48. The summed E-state index contributed by atoms with van der Waals surface area (Å²) < 4.78 is 55.2. The summed E-state index contributed by atoms with van der Waals surface area (Å²) in [5.41, 5.74) is -1.13. The van der Waals surface area contributed by atoms with Crippen molar-refractivity contribution in [3.63, 3.8) is 0 Å². The van der Waals surface area contributed by atoms with E-state index in [1.54, 1.807) is 6.92 Å². The Kier molecular flexibility index (Phi) is 4.59. The molecule has 4 bridgehead atoms. The minimum atomic E-state index is -3.78. The van der Waals surface area contributed by atoms with E-state index < -0.39 is 48.6 Å². The molecule has 4 saturated carbocycles. The van der Waals surface area contributed by atoms with Gasteiger partial charge in [-0.05, 0) is 61.2 Å². The molecule has 196 valence electrons. The molecule has 35 heavy (non-hydrogen) atoms. The van der Waals surface area contributed by atoms with Gasteiger partial charge in [0.2, 0.25) is 31.9 Å². The summed E-state index contributed by atoms with van der Waals surface area (Å²) in [4.78, 5) is 27.0. The lowest BCUT2D eigenvalue weighted by Gasteiger charge is -2.37. The molecule has 6 aliphatic rings. The molecule has 4 aliphatic carbocycles. The Labute approximate surface area is 209 Å². The number of amides is 2. The fourth-order valence-electron chi connectivity index (χ4n) is 9.85. The number of nitrogens with zero attached hydrogens (tertiary/aromatic N) is 2. The van der Waals surface area contributed by atoms with Crippen molar-refractivity contribution in [3.8, 4) is 0 Å². The Morgan fingerprint density at radius 2 is 1.23 bits per heavy atom. The number of rotatable bonds is 3. The van der Waals surface area contributed by atoms with Crippen LogP contribution in [0.3, 0.4) is 0 Å². The summed E-state index contributed by atoms with van der Waals surface area (Å²) >= 11 is 0. The summed E-state index contributed by atoms with van der Waals surface area (Å²) in [6.45, 7) is 10.1. The van der Waals surface area contributed by atoms with E-state index in [4.69, 9.17) is 0 Å². The van der Waals surface area contributed by atoms with Crippen LogP contribution in [0, 0.1) is 39.4 Å². The first-order valence-electron chi connectivity index (χ1n) is 13.1.